The fourth-order valence-corrected chi connectivity index (χ4v) is 2.49. The Balaban J connectivity index is 3.04. The predicted octanol–water partition coefficient (Wildman–Crippen LogP) is 1.72. The molecule has 82 valence electrons. The summed E-state index contributed by atoms with van der Waals surface area (Å²) in [5.74, 6) is 0. The average molecular weight is 200 g/mol. The molecule has 1 aliphatic heterocycles. The maximum absolute atomic E-state index is 11.1. The number of hydrogen-bond acceptors (Lipinski definition) is 2. The van der Waals surface area contributed by atoms with Crippen LogP contribution in [0.15, 0.2) is 0 Å². The van der Waals surface area contributed by atoms with Gasteiger partial charge in [-0.15, -0.1) is 0 Å². The van der Waals surface area contributed by atoms with Gasteiger partial charge in [-0.3, -0.25) is 10.2 Å². The zero-order valence-electron chi connectivity index (χ0n) is 9.42. The number of nitrogens with one attached hydrogen (secondary N) is 1. The van der Waals surface area contributed by atoms with Crippen LogP contribution < -0.4 is 5.32 Å². The molecule has 4 heteroatoms. The van der Waals surface area contributed by atoms with Crippen LogP contribution in [-0.2, 0) is 0 Å². The summed E-state index contributed by atoms with van der Waals surface area (Å²) in [6, 6.07) is 0. The van der Waals surface area contributed by atoms with Crippen molar-refractivity contribution in [1.29, 1.82) is 0 Å². The summed E-state index contributed by atoms with van der Waals surface area (Å²) in [5.41, 5.74) is -0.491. The molecule has 1 fully saturated rings. The predicted molar refractivity (Wildman–Crippen MR) is 55.2 cm³/mol. The molecule has 2 N–H and O–H groups in total. The molecule has 1 rings (SSSR count). The van der Waals surface area contributed by atoms with Crippen molar-refractivity contribution in [1.82, 2.24) is 10.2 Å². The highest BCUT2D eigenvalue weighted by Gasteiger charge is 2.50. The second kappa shape index (κ2) is 3.42. The molecule has 0 saturated carbocycles. The molecule has 0 aliphatic carbocycles. The Hall–Kier alpha value is -0.770. The van der Waals surface area contributed by atoms with Crippen LogP contribution in [0.3, 0.4) is 0 Å². The normalized spacial score (nSPS) is 28.1. The first-order valence-corrected chi connectivity index (χ1v) is 5.04. The van der Waals surface area contributed by atoms with E-state index >= 15 is 0 Å². The smallest absolute Gasteiger partial charge is 0.408 e. The molecule has 1 unspecified atom stereocenters. The summed E-state index contributed by atoms with van der Waals surface area (Å²) >= 11 is 0. The van der Waals surface area contributed by atoms with Crippen molar-refractivity contribution in [3.05, 3.63) is 0 Å². The number of hydrogen-bond donors (Lipinski definition) is 2. The molecule has 0 spiro atoms. The number of carbonyl (C=O) groups is 1. The zero-order valence-corrected chi connectivity index (χ0v) is 9.42. The Kier molecular flexibility index (Phi) is 2.76. The van der Waals surface area contributed by atoms with Gasteiger partial charge < -0.3 is 5.11 Å². The third-order valence-electron chi connectivity index (χ3n) is 3.27. The molecule has 0 aromatic heterocycles. The minimum Gasteiger partial charge on any atom is -0.465 e. The first-order valence-electron chi connectivity index (χ1n) is 5.04. The number of likely N-dealkylation sites (tertiary alicyclic amines) is 1. The molecule has 0 radical (unpaired) electrons. The number of carboxylic acid groups (broad SMARTS) is 1. The van der Waals surface area contributed by atoms with Crippen LogP contribution >= 0.6 is 0 Å². The lowest BCUT2D eigenvalue weighted by molar-refractivity contribution is 0.0103. The molecule has 0 aromatic carbocycles. The molecule has 1 saturated heterocycles. The van der Waals surface area contributed by atoms with Crippen molar-refractivity contribution in [2.24, 2.45) is 5.41 Å². The summed E-state index contributed by atoms with van der Waals surface area (Å²) in [6.07, 6.45) is 0.996. The average Bonchev–Trinajstić information content (AvgIpc) is 2.46. The molecule has 0 aromatic rings. The zero-order chi connectivity index (χ0) is 11.0. The van der Waals surface area contributed by atoms with Crippen LogP contribution in [0.1, 0.15) is 33.6 Å². The standard InChI is InChI=1S/C10H20N2O2/c1-9(2,3)10(11-4)6-5-7-12(10)8(13)14/h11H,5-7H2,1-4H3,(H,13,14). The first-order chi connectivity index (χ1) is 6.35. The van der Waals surface area contributed by atoms with E-state index in [4.69, 9.17) is 5.11 Å². The summed E-state index contributed by atoms with van der Waals surface area (Å²) < 4.78 is 0. The second-order valence-corrected chi connectivity index (χ2v) is 4.90. The van der Waals surface area contributed by atoms with Crippen molar-refractivity contribution in [3.8, 4) is 0 Å². The summed E-state index contributed by atoms with van der Waals surface area (Å²) in [6.45, 7) is 6.85. The Bertz CT molecular complexity index is 235. The highest BCUT2D eigenvalue weighted by atomic mass is 16.4. The van der Waals surface area contributed by atoms with Gasteiger partial charge in [0.25, 0.3) is 0 Å². The van der Waals surface area contributed by atoms with Crippen LogP contribution in [0.2, 0.25) is 0 Å². The van der Waals surface area contributed by atoms with E-state index in [0.717, 1.165) is 12.8 Å². The van der Waals surface area contributed by atoms with Gasteiger partial charge in [0.05, 0.1) is 0 Å². The van der Waals surface area contributed by atoms with E-state index in [1.54, 1.807) is 0 Å². The number of amides is 1. The molecule has 1 atom stereocenters. The first kappa shape index (κ1) is 11.3. The van der Waals surface area contributed by atoms with Gasteiger partial charge >= 0.3 is 6.09 Å². The lowest BCUT2D eigenvalue weighted by atomic mass is 9.78. The minimum atomic E-state index is -0.827. The molecule has 0 bridgehead atoms. The van der Waals surface area contributed by atoms with Gasteiger partial charge in [-0.25, -0.2) is 4.79 Å². The van der Waals surface area contributed by atoms with Crippen LogP contribution in [0.25, 0.3) is 0 Å². The van der Waals surface area contributed by atoms with E-state index in [2.05, 4.69) is 26.1 Å². The van der Waals surface area contributed by atoms with Crippen LogP contribution in [0.4, 0.5) is 4.79 Å². The Morgan fingerprint density at radius 2 is 2.07 bits per heavy atom. The molecule has 1 heterocycles. The lowest BCUT2D eigenvalue weighted by Gasteiger charge is -2.46. The van der Waals surface area contributed by atoms with Crippen LogP contribution in [-0.4, -0.2) is 35.4 Å². The van der Waals surface area contributed by atoms with Crippen molar-refractivity contribution in [2.75, 3.05) is 13.6 Å². The third-order valence-corrected chi connectivity index (χ3v) is 3.27. The molecular formula is C10H20N2O2. The van der Waals surface area contributed by atoms with Gasteiger partial charge in [0.1, 0.15) is 5.66 Å². The largest absolute Gasteiger partial charge is 0.465 e. The highest BCUT2D eigenvalue weighted by Crippen LogP contribution is 2.41. The van der Waals surface area contributed by atoms with Crippen molar-refractivity contribution in [3.63, 3.8) is 0 Å². The van der Waals surface area contributed by atoms with Gasteiger partial charge in [0.2, 0.25) is 0 Å². The molecule has 1 amide bonds. The van der Waals surface area contributed by atoms with E-state index < -0.39 is 11.8 Å². The molecular weight excluding hydrogens is 180 g/mol. The fraction of sp³-hybridized carbons (Fsp3) is 0.900. The summed E-state index contributed by atoms with van der Waals surface area (Å²) in [4.78, 5) is 12.6. The number of rotatable bonds is 1. The van der Waals surface area contributed by atoms with Crippen molar-refractivity contribution < 1.29 is 9.90 Å². The van der Waals surface area contributed by atoms with Crippen LogP contribution in [0, 0.1) is 5.41 Å². The highest BCUT2D eigenvalue weighted by molar-refractivity contribution is 5.66. The van der Waals surface area contributed by atoms with Gasteiger partial charge in [0, 0.05) is 6.54 Å². The summed E-state index contributed by atoms with van der Waals surface area (Å²) in [5, 5.41) is 12.3. The minimum absolute atomic E-state index is 0.0867. The maximum Gasteiger partial charge on any atom is 0.408 e. The second-order valence-electron chi connectivity index (χ2n) is 4.90. The molecule has 1 aliphatic rings. The van der Waals surface area contributed by atoms with Crippen molar-refractivity contribution >= 4 is 6.09 Å². The Labute approximate surface area is 85.3 Å². The third kappa shape index (κ3) is 1.47. The lowest BCUT2D eigenvalue weighted by Crippen LogP contribution is -2.63. The van der Waals surface area contributed by atoms with Gasteiger partial charge in [-0.05, 0) is 25.3 Å². The van der Waals surface area contributed by atoms with Crippen LogP contribution in [0.5, 0.6) is 0 Å². The van der Waals surface area contributed by atoms with E-state index in [0.29, 0.717) is 6.54 Å². The SMILES string of the molecule is CNC1(C(C)(C)C)CCCN1C(=O)O. The maximum atomic E-state index is 11.1. The summed E-state index contributed by atoms with van der Waals surface area (Å²) in [7, 11) is 1.84. The monoisotopic (exact) mass is 200 g/mol. The van der Waals surface area contributed by atoms with E-state index in [1.165, 1.54) is 4.90 Å². The fourth-order valence-electron chi connectivity index (χ4n) is 2.49. The topological polar surface area (TPSA) is 52.6 Å². The van der Waals surface area contributed by atoms with Crippen molar-refractivity contribution in [2.45, 2.75) is 39.3 Å². The van der Waals surface area contributed by atoms with E-state index in [9.17, 15) is 4.79 Å². The quantitative estimate of drug-likeness (QED) is 0.677. The van der Waals surface area contributed by atoms with E-state index in [-0.39, 0.29) is 5.41 Å². The van der Waals surface area contributed by atoms with Gasteiger partial charge in [-0.2, -0.15) is 0 Å². The molecule has 4 nitrogen and oxygen atoms in total. The molecule has 14 heavy (non-hydrogen) atoms. The van der Waals surface area contributed by atoms with E-state index in [1.807, 2.05) is 7.05 Å². The Morgan fingerprint density at radius 3 is 2.36 bits per heavy atom. The van der Waals surface area contributed by atoms with Gasteiger partial charge in [0.15, 0.2) is 0 Å². The number of nitrogens with zero attached hydrogens (tertiary/aromatic N) is 1. The Morgan fingerprint density at radius 1 is 1.50 bits per heavy atom. The van der Waals surface area contributed by atoms with Gasteiger partial charge in [-0.1, -0.05) is 20.8 Å².